The van der Waals surface area contributed by atoms with Gasteiger partial charge in [0.25, 0.3) is 5.56 Å². The zero-order valence-electron chi connectivity index (χ0n) is 11.6. The first kappa shape index (κ1) is 13.6. The molecular formula is C13H21N5O. The fourth-order valence-electron chi connectivity index (χ4n) is 2.37. The molecule has 0 radical (unpaired) electrons. The first-order valence-electron chi connectivity index (χ1n) is 6.56. The summed E-state index contributed by atoms with van der Waals surface area (Å²) in [5.41, 5.74) is 12.7. The molecule has 2 aromatic rings. The number of rotatable bonds is 4. The first-order valence-corrected chi connectivity index (χ1v) is 6.56. The van der Waals surface area contributed by atoms with Crippen molar-refractivity contribution in [1.82, 2.24) is 14.5 Å². The van der Waals surface area contributed by atoms with E-state index in [9.17, 15) is 4.79 Å². The van der Waals surface area contributed by atoms with Gasteiger partial charge in [0.1, 0.15) is 5.65 Å². The van der Waals surface area contributed by atoms with Crippen LogP contribution in [0.2, 0.25) is 0 Å². The van der Waals surface area contributed by atoms with Gasteiger partial charge in [-0.1, -0.05) is 6.92 Å². The number of nitrogens with one attached hydrogen (secondary N) is 1. The van der Waals surface area contributed by atoms with Crippen LogP contribution in [0.5, 0.6) is 0 Å². The van der Waals surface area contributed by atoms with E-state index in [2.05, 4.69) is 30.7 Å². The van der Waals surface area contributed by atoms with Crippen LogP contribution in [0, 0.1) is 0 Å². The Morgan fingerprint density at radius 3 is 2.68 bits per heavy atom. The Labute approximate surface area is 111 Å². The molecule has 1 unspecified atom stereocenters. The molecule has 19 heavy (non-hydrogen) atoms. The van der Waals surface area contributed by atoms with Crippen molar-refractivity contribution in [2.75, 3.05) is 12.3 Å². The minimum atomic E-state index is -0.180. The van der Waals surface area contributed by atoms with Crippen LogP contribution in [-0.2, 0) is 0 Å². The third kappa shape index (κ3) is 2.35. The Kier molecular flexibility index (Phi) is 3.61. The first-order chi connectivity index (χ1) is 8.95. The van der Waals surface area contributed by atoms with Crippen molar-refractivity contribution in [2.24, 2.45) is 5.73 Å². The summed E-state index contributed by atoms with van der Waals surface area (Å²) in [6, 6.07) is 0.218. The summed E-state index contributed by atoms with van der Waals surface area (Å²) in [6.07, 6.45) is 2.83. The number of nitrogens with zero attached hydrogens (tertiary/aromatic N) is 2. The van der Waals surface area contributed by atoms with Gasteiger partial charge in [0.2, 0.25) is 5.95 Å². The predicted octanol–water partition coefficient (Wildman–Crippen LogP) is 1.34. The van der Waals surface area contributed by atoms with Crippen LogP contribution >= 0.6 is 0 Å². The van der Waals surface area contributed by atoms with Crippen LogP contribution in [0.1, 0.15) is 44.7 Å². The van der Waals surface area contributed by atoms with Crippen molar-refractivity contribution >= 4 is 17.0 Å². The molecule has 2 rings (SSSR count). The molecule has 6 nitrogen and oxygen atoms in total. The molecule has 104 valence electrons. The van der Waals surface area contributed by atoms with Crippen LogP contribution in [0.4, 0.5) is 5.95 Å². The van der Waals surface area contributed by atoms with E-state index in [4.69, 9.17) is 11.5 Å². The highest BCUT2D eigenvalue weighted by Crippen LogP contribution is 2.28. The molecule has 2 heterocycles. The molecule has 0 fully saturated rings. The second-order valence-electron chi connectivity index (χ2n) is 5.21. The zero-order valence-corrected chi connectivity index (χ0v) is 11.6. The van der Waals surface area contributed by atoms with E-state index in [1.807, 2.05) is 10.8 Å². The minimum absolute atomic E-state index is 0.149. The lowest BCUT2D eigenvalue weighted by Gasteiger charge is -2.08. The van der Waals surface area contributed by atoms with Crippen molar-refractivity contribution in [3.8, 4) is 0 Å². The average Bonchev–Trinajstić information content (AvgIpc) is 2.68. The maximum atomic E-state index is 12.1. The lowest BCUT2D eigenvalue weighted by atomic mass is 9.98. The Balaban J connectivity index is 2.75. The third-order valence-electron chi connectivity index (χ3n) is 3.42. The number of hydrogen-bond donors (Lipinski definition) is 3. The summed E-state index contributed by atoms with van der Waals surface area (Å²) in [7, 11) is 0. The number of H-pyrrole nitrogens is 1. The highest BCUT2D eigenvalue weighted by Gasteiger charge is 2.19. The summed E-state index contributed by atoms with van der Waals surface area (Å²) in [5, 5.41) is 0.629. The molecule has 0 saturated carbocycles. The highest BCUT2D eigenvalue weighted by atomic mass is 16.1. The summed E-state index contributed by atoms with van der Waals surface area (Å²) < 4.78 is 1.99. The van der Waals surface area contributed by atoms with E-state index in [1.165, 1.54) is 0 Å². The standard InChI is InChI=1S/C13H21N5O/c1-7(2)18-6-9(8(3)4-5-14)10-11(18)16-13(15)17-12(10)19/h6-8H,4-5,14H2,1-3H3,(H3,15,16,17,19). The normalized spacial score (nSPS) is 13.3. The predicted molar refractivity (Wildman–Crippen MR) is 77.2 cm³/mol. The molecule has 6 heteroatoms. The van der Waals surface area contributed by atoms with Crippen LogP contribution in [0.15, 0.2) is 11.0 Å². The molecule has 0 bridgehead atoms. The highest BCUT2D eigenvalue weighted by molar-refractivity contribution is 5.81. The van der Waals surface area contributed by atoms with Crippen LogP contribution < -0.4 is 17.0 Å². The van der Waals surface area contributed by atoms with Gasteiger partial charge in [-0.2, -0.15) is 4.98 Å². The number of nitrogen functional groups attached to an aromatic ring is 1. The second-order valence-corrected chi connectivity index (χ2v) is 5.21. The smallest absolute Gasteiger partial charge is 0.262 e. The van der Waals surface area contributed by atoms with Gasteiger partial charge in [-0.25, -0.2) is 0 Å². The molecule has 0 aliphatic rings. The maximum Gasteiger partial charge on any atom is 0.262 e. The topological polar surface area (TPSA) is 103 Å². The van der Waals surface area contributed by atoms with Gasteiger partial charge in [-0.05, 0) is 38.3 Å². The molecule has 0 spiro atoms. The fraction of sp³-hybridized carbons (Fsp3) is 0.538. The Morgan fingerprint density at radius 1 is 1.42 bits per heavy atom. The number of aromatic nitrogens is 3. The molecule has 0 saturated heterocycles. The van der Waals surface area contributed by atoms with Gasteiger partial charge in [-0.15, -0.1) is 0 Å². The summed E-state index contributed by atoms with van der Waals surface area (Å²) in [4.78, 5) is 19.0. The third-order valence-corrected chi connectivity index (χ3v) is 3.42. The van der Waals surface area contributed by atoms with Crippen molar-refractivity contribution in [2.45, 2.75) is 39.2 Å². The Hall–Kier alpha value is -1.82. The second kappa shape index (κ2) is 5.05. The summed E-state index contributed by atoms with van der Waals surface area (Å²) in [6.45, 7) is 6.77. The molecule has 1 atom stereocenters. The molecular weight excluding hydrogens is 242 g/mol. The molecule has 0 aliphatic heterocycles. The monoisotopic (exact) mass is 263 g/mol. The average molecular weight is 263 g/mol. The van der Waals surface area contributed by atoms with E-state index in [0.717, 1.165) is 12.0 Å². The SMILES string of the molecule is CC(CCN)c1cn(C(C)C)c2nc(N)[nH]c(=O)c12. The van der Waals surface area contributed by atoms with Crippen molar-refractivity contribution in [3.05, 3.63) is 22.1 Å². The molecule has 0 aromatic carbocycles. The lowest BCUT2D eigenvalue weighted by molar-refractivity contribution is 0.610. The minimum Gasteiger partial charge on any atom is -0.369 e. The molecule has 5 N–H and O–H groups in total. The fourth-order valence-corrected chi connectivity index (χ4v) is 2.37. The molecule has 0 amide bonds. The number of aromatic amines is 1. The number of anilines is 1. The van der Waals surface area contributed by atoms with Crippen LogP contribution in [0.3, 0.4) is 0 Å². The summed E-state index contributed by atoms with van der Waals surface area (Å²) in [5.74, 6) is 0.370. The largest absolute Gasteiger partial charge is 0.369 e. The van der Waals surface area contributed by atoms with Crippen molar-refractivity contribution < 1.29 is 0 Å². The van der Waals surface area contributed by atoms with Gasteiger partial charge >= 0.3 is 0 Å². The van der Waals surface area contributed by atoms with E-state index in [0.29, 0.717) is 17.6 Å². The van der Waals surface area contributed by atoms with E-state index >= 15 is 0 Å². The zero-order chi connectivity index (χ0) is 14.2. The van der Waals surface area contributed by atoms with Crippen molar-refractivity contribution in [1.29, 1.82) is 0 Å². The lowest BCUT2D eigenvalue weighted by Crippen LogP contribution is -2.13. The van der Waals surface area contributed by atoms with E-state index in [-0.39, 0.29) is 23.5 Å². The Bertz CT molecular complexity index is 640. The van der Waals surface area contributed by atoms with Gasteiger partial charge in [-0.3, -0.25) is 9.78 Å². The van der Waals surface area contributed by atoms with E-state index in [1.54, 1.807) is 0 Å². The number of hydrogen-bond acceptors (Lipinski definition) is 4. The molecule has 0 aliphatic carbocycles. The molecule has 2 aromatic heterocycles. The van der Waals surface area contributed by atoms with Gasteiger partial charge in [0.15, 0.2) is 0 Å². The van der Waals surface area contributed by atoms with Crippen LogP contribution in [0.25, 0.3) is 11.0 Å². The van der Waals surface area contributed by atoms with Gasteiger partial charge in [0.05, 0.1) is 5.39 Å². The number of fused-ring (bicyclic) bond motifs is 1. The maximum absolute atomic E-state index is 12.1. The van der Waals surface area contributed by atoms with Gasteiger partial charge < -0.3 is 16.0 Å². The summed E-state index contributed by atoms with van der Waals surface area (Å²) >= 11 is 0. The Morgan fingerprint density at radius 2 is 2.11 bits per heavy atom. The van der Waals surface area contributed by atoms with E-state index < -0.39 is 0 Å². The number of nitrogens with two attached hydrogens (primary N) is 2. The quantitative estimate of drug-likeness (QED) is 0.774. The van der Waals surface area contributed by atoms with Crippen LogP contribution in [-0.4, -0.2) is 21.1 Å². The van der Waals surface area contributed by atoms with Gasteiger partial charge in [0, 0.05) is 12.2 Å². The van der Waals surface area contributed by atoms with Crippen molar-refractivity contribution in [3.63, 3.8) is 0 Å².